The quantitative estimate of drug-likeness (QED) is 0.443. The summed E-state index contributed by atoms with van der Waals surface area (Å²) in [5.41, 5.74) is 11.9. The number of nitrogens with two attached hydrogens (primary N) is 2. The second-order valence-corrected chi connectivity index (χ2v) is 3.69. The van der Waals surface area contributed by atoms with Gasteiger partial charge in [0.1, 0.15) is 12.6 Å². The molecule has 1 aromatic carbocycles. The highest BCUT2D eigenvalue weighted by Gasteiger charge is 2.14. The van der Waals surface area contributed by atoms with Gasteiger partial charge in [-0.25, -0.2) is 0 Å². The summed E-state index contributed by atoms with van der Waals surface area (Å²) in [6, 6.07) is 8.84. The van der Waals surface area contributed by atoms with Crippen LogP contribution in [-0.4, -0.2) is 31.6 Å². The number of rotatable bonds is 7. The SMILES string of the molecule is NCCNCC(N)C(=O)OCc1ccccc1. The van der Waals surface area contributed by atoms with Gasteiger partial charge >= 0.3 is 5.97 Å². The van der Waals surface area contributed by atoms with E-state index in [1.807, 2.05) is 30.3 Å². The van der Waals surface area contributed by atoms with E-state index in [1.54, 1.807) is 0 Å². The van der Waals surface area contributed by atoms with Crippen LogP contribution in [0.4, 0.5) is 0 Å². The maximum Gasteiger partial charge on any atom is 0.324 e. The third-order valence-electron chi connectivity index (χ3n) is 2.21. The fraction of sp³-hybridized carbons (Fsp3) is 0.417. The summed E-state index contributed by atoms with van der Waals surface area (Å²) in [6.45, 7) is 1.79. The van der Waals surface area contributed by atoms with Gasteiger partial charge in [0.2, 0.25) is 0 Å². The molecule has 1 unspecified atom stereocenters. The van der Waals surface area contributed by atoms with Crippen molar-refractivity contribution in [2.24, 2.45) is 11.5 Å². The highest BCUT2D eigenvalue weighted by Crippen LogP contribution is 2.01. The Kier molecular flexibility index (Phi) is 6.24. The lowest BCUT2D eigenvalue weighted by molar-refractivity contribution is -0.146. The molecule has 5 nitrogen and oxygen atoms in total. The van der Waals surface area contributed by atoms with Crippen LogP contribution < -0.4 is 16.8 Å². The highest BCUT2D eigenvalue weighted by atomic mass is 16.5. The zero-order valence-electron chi connectivity index (χ0n) is 9.76. The second-order valence-electron chi connectivity index (χ2n) is 3.69. The summed E-state index contributed by atoms with van der Waals surface area (Å²) in [4.78, 5) is 11.5. The van der Waals surface area contributed by atoms with Crippen LogP contribution in [0.1, 0.15) is 5.56 Å². The topological polar surface area (TPSA) is 90.4 Å². The van der Waals surface area contributed by atoms with Gasteiger partial charge in [0.05, 0.1) is 0 Å². The largest absolute Gasteiger partial charge is 0.460 e. The Morgan fingerprint density at radius 3 is 2.71 bits per heavy atom. The van der Waals surface area contributed by atoms with E-state index in [4.69, 9.17) is 16.2 Å². The molecule has 0 heterocycles. The molecule has 0 amide bonds. The van der Waals surface area contributed by atoms with Crippen LogP contribution in [0.15, 0.2) is 30.3 Å². The summed E-state index contributed by atoms with van der Waals surface area (Å²) in [5.74, 6) is -0.404. The van der Waals surface area contributed by atoms with Gasteiger partial charge in [0, 0.05) is 19.6 Å². The Bertz CT molecular complexity index is 330. The lowest BCUT2D eigenvalue weighted by Crippen LogP contribution is -2.42. The maximum atomic E-state index is 11.5. The van der Waals surface area contributed by atoms with Crippen molar-refractivity contribution < 1.29 is 9.53 Å². The first-order valence-corrected chi connectivity index (χ1v) is 5.61. The first-order chi connectivity index (χ1) is 8.24. The molecule has 0 aliphatic rings. The van der Waals surface area contributed by atoms with Gasteiger partial charge in [-0.1, -0.05) is 30.3 Å². The van der Waals surface area contributed by atoms with Crippen LogP contribution in [0.25, 0.3) is 0 Å². The van der Waals surface area contributed by atoms with Crippen molar-refractivity contribution in [3.05, 3.63) is 35.9 Å². The summed E-state index contributed by atoms with van der Waals surface area (Å²) < 4.78 is 5.09. The summed E-state index contributed by atoms with van der Waals surface area (Å²) in [6.07, 6.45) is 0. The van der Waals surface area contributed by atoms with Crippen molar-refractivity contribution in [3.63, 3.8) is 0 Å². The molecule has 17 heavy (non-hydrogen) atoms. The first-order valence-electron chi connectivity index (χ1n) is 5.61. The Hall–Kier alpha value is -1.43. The van der Waals surface area contributed by atoms with Crippen molar-refractivity contribution in [2.45, 2.75) is 12.6 Å². The third-order valence-corrected chi connectivity index (χ3v) is 2.21. The number of hydrogen-bond acceptors (Lipinski definition) is 5. The number of carbonyl (C=O) groups is 1. The van der Waals surface area contributed by atoms with Gasteiger partial charge in [-0.2, -0.15) is 0 Å². The molecule has 1 rings (SSSR count). The molecule has 0 saturated heterocycles. The van der Waals surface area contributed by atoms with Crippen molar-refractivity contribution in [1.29, 1.82) is 0 Å². The summed E-state index contributed by atoms with van der Waals surface area (Å²) >= 11 is 0. The number of carbonyl (C=O) groups excluding carboxylic acids is 1. The molecule has 94 valence electrons. The molecule has 0 aliphatic heterocycles. The van der Waals surface area contributed by atoms with Crippen molar-refractivity contribution >= 4 is 5.97 Å². The van der Waals surface area contributed by atoms with Crippen LogP contribution >= 0.6 is 0 Å². The second kappa shape index (κ2) is 7.78. The van der Waals surface area contributed by atoms with Crippen molar-refractivity contribution in [3.8, 4) is 0 Å². The Labute approximate surface area is 101 Å². The van der Waals surface area contributed by atoms with Gasteiger partial charge in [0.15, 0.2) is 0 Å². The number of ether oxygens (including phenoxy) is 1. The monoisotopic (exact) mass is 237 g/mol. The Balaban J connectivity index is 2.24. The van der Waals surface area contributed by atoms with E-state index in [9.17, 15) is 4.79 Å². The molecule has 0 bridgehead atoms. The minimum atomic E-state index is -0.648. The minimum Gasteiger partial charge on any atom is -0.460 e. The van der Waals surface area contributed by atoms with E-state index in [0.717, 1.165) is 5.56 Å². The molecule has 0 radical (unpaired) electrons. The lowest BCUT2D eigenvalue weighted by Gasteiger charge is -2.12. The highest BCUT2D eigenvalue weighted by molar-refractivity contribution is 5.75. The normalized spacial score (nSPS) is 12.1. The molecular weight excluding hydrogens is 218 g/mol. The fourth-order valence-corrected chi connectivity index (χ4v) is 1.28. The predicted octanol–water partition coefficient (Wildman–Crippen LogP) is -0.395. The fourth-order valence-electron chi connectivity index (χ4n) is 1.28. The number of nitrogens with one attached hydrogen (secondary N) is 1. The Morgan fingerprint density at radius 1 is 1.35 bits per heavy atom. The van der Waals surface area contributed by atoms with Gasteiger partial charge in [-0.05, 0) is 5.56 Å². The summed E-state index contributed by atoms with van der Waals surface area (Å²) in [5, 5.41) is 2.96. The van der Waals surface area contributed by atoms with Crippen molar-refractivity contribution in [1.82, 2.24) is 5.32 Å². The molecule has 1 aromatic rings. The predicted molar refractivity (Wildman–Crippen MR) is 66.1 cm³/mol. The number of esters is 1. The molecule has 5 N–H and O–H groups in total. The number of benzene rings is 1. The minimum absolute atomic E-state index is 0.254. The molecule has 5 heteroatoms. The first kappa shape index (κ1) is 13.6. The molecular formula is C12H19N3O2. The van der Waals surface area contributed by atoms with E-state index >= 15 is 0 Å². The zero-order chi connectivity index (χ0) is 12.5. The molecule has 1 atom stereocenters. The molecule has 0 aromatic heterocycles. The maximum absolute atomic E-state index is 11.5. The zero-order valence-corrected chi connectivity index (χ0v) is 9.76. The van der Waals surface area contributed by atoms with Crippen LogP contribution in [0.5, 0.6) is 0 Å². The van der Waals surface area contributed by atoms with Gasteiger partial charge < -0.3 is 21.5 Å². The van der Waals surface area contributed by atoms with E-state index in [0.29, 0.717) is 19.6 Å². The van der Waals surface area contributed by atoms with E-state index < -0.39 is 12.0 Å². The van der Waals surface area contributed by atoms with Gasteiger partial charge in [-0.15, -0.1) is 0 Å². The average Bonchev–Trinajstić information content (AvgIpc) is 2.37. The Morgan fingerprint density at radius 2 is 2.06 bits per heavy atom. The van der Waals surface area contributed by atoms with Gasteiger partial charge in [-0.3, -0.25) is 4.79 Å². The van der Waals surface area contributed by atoms with Gasteiger partial charge in [0.25, 0.3) is 0 Å². The lowest BCUT2D eigenvalue weighted by atomic mass is 10.2. The smallest absolute Gasteiger partial charge is 0.324 e. The van der Waals surface area contributed by atoms with E-state index in [-0.39, 0.29) is 6.61 Å². The van der Waals surface area contributed by atoms with Crippen LogP contribution in [0.2, 0.25) is 0 Å². The average molecular weight is 237 g/mol. The number of hydrogen-bond donors (Lipinski definition) is 3. The van der Waals surface area contributed by atoms with E-state index in [2.05, 4.69) is 5.32 Å². The molecule has 0 aliphatic carbocycles. The third kappa shape index (κ3) is 5.44. The van der Waals surface area contributed by atoms with Crippen molar-refractivity contribution in [2.75, 3.05) is 19.6 Å². The van der Waals surface area contributed by atoms with E-state index in [1.165, 1.54) is 0 Å². The standard InChI is InChI=1S/C12H19N3O2/c13-6-7-15-8-11(14)12(16)17-9-10-4-2-1-3-5-10/h1-5,11,15H,6-9,13-14H2. The molecule has 0 spiro atoms. The van der Waals surface area contributed by atoms with Crippen LogP contribution in [0.3, 0.4) is 0 Å². The molecule has 0 fully saturated rings. The summed E-state index contributed by atoms with van der Waals surface area (Å²) in [7, 11) is 0. The van der Waals surface area contributed by atoms with Crippen LogP contribution in [-0.2, 0) is 16.1 Å². The molecule has 0 saturated carbocycles. The van der Waals surface area contributed by atoms with Crippen LogP contribution in [0, 0.1) is 0 Å².